The molecular formula is C30H24. The Morgan fingerprint density at radius 2 is 1.23 bits per heavy atom. The van der Waals surface area contributed by atoms with Crippen LogP contribution in [0, 0.1) is 0 Å². The lowest BCUT2D eigenvalue weighted by molar-refractivity contribution is 0.619. The van der Waals surface area contributed by atoms with Crippen LogP contribution in [0.2, 0.25) is 0 Å². The van der Waals surface area contributed by atoms with Gasteiger partial charge in [-0.25, -0.2) is 0 Å². The molecule has 2 aliphatic rings. The molecule has 0 unspecified atom stereocenters. The molecule has 2 aliphatic carbocycles. The lowest BCUT2D eigenvalue weighted by Gasteiger charge is -2.40. The molecule has 0 heterocycles. The van der Waals surface area contributed by atoms with Gasteiger partial charge in [-0.3, -0.25) is 0 Å². The highest BCUT2D eigenvalue weighted by Gasteiger charge is 2.39. The Bertz CT molecular complexity index is 1210. The van der Waals surface area contributed by atoms with Crippen LogP contribution in [0.3, 0.4) is 0 Å². The highest BCUT2D eigenvalue weighted by molar-refractivity contribution is 5.81. The van der Waals surface area contributed by atoms with Crippen molar-refractivity contribution in [3.8, 4) is 11.1 Å². The molecule has 6 rings (SSSR count). The van der Waals surface area contributed by atoms with Gasteiger partial charge in [-0.1, -0.05) is 109 Å². The summed E-state index contributed by atoms with van der Waals surface area (Å²) >= 11 is 0. The Hall–Kier alpha value is -3.38. The van der Waals surface area contributed by atoms with Crippen molar-refractivity contribution in [1.29, 1.82) is 0 Å². The number of hydrogen-bond donors (Lipinski definition) is 0. The molecule has 144 valence electrons. The predicted molar refractivity (Wildman–Crippen MR) is 126 cm³/mol. The summed E-state index contributed by atoms with van der Waals surface area (Å²) in [5.74, 6) is 0. The summed E-state index contributed by atoms with van der Waals surface area (Å²) < 4.78 is 0. The third-order valence-corrected chi connectivity index (χ3v) is 7.01. The SMILES string of the molecule is C1=Cc2c(ccc3c2CCc2ccccc2-3)C(c2ccccc2)(c2ccccc2)C1. The number of rotatable bonds is 2. The quantitative estimate of drug-likeness (QED) is 0.343. The summed E-state index contributed by atoms with van der Waals surface area (Å²) in [7, 11) is 0. The minimum Gasteiger partial charge on any atom is -0.0824 e. The van der Waals surface area contributed by atoms with Crippen molar-refractivity contribution in [2.45, 2.75) is 24.7 Å². The molecule has 0 spiro atoms. The van der Waals surface area contributed by atoms with E-state index in [0.29, 0.717) is 0 Å². The van der Waals surface area contributed by atoms with Gasteiger partial charge in [0.1, 0.15) is 0 Å². The largest absolute Gasteiger partial charge is 0.0824 e. The van der Waals surface area contributed by atoms with Crippen LogP contribution in [0.15, 0.2) is 103 Å². The van der Waals surface area contributed by atoms with E-state index in [0.717, 1.165) is 19.3 Å². The Morgan fingerprint density at radius 1 is 0.567 bits per heavy atom. The Morgan fingerprint density at radius 3 is 1.97 bits per heavy atom. The maximum atomic E-state index is 2.40. The molecule has 0 saturated carbocycles. The molecule has 0 aromatic heterocycles. The van der Waals surface area contributed by atoms with Crippen LogP contribution in [0.4, 0.5) is 0 Å². The van der Waals surface area contributed by atoms with Gasteiger partial charge in [-0.2, -0.15) is 0 Å². The Balaban J connectivity index is 1.65. The van der Waals surface area contributed by atoms with E-state index in [2.05, 4.69) is 109 Å². The van der Waals surface area contributed by atoms with Gasteiger partial charge >= 0.3 is 0 Å². The lowest BCUT2D eigenvalue weighted by Crippen LogP contribution is -2.32. The van der Waals surface area contributed by atoms with E-state index in [-0.39, 0.29) is 5.41 Å². The number of benzene rings is 4. The molecule has 0 saturated heterocycles. The van der Waals surface area contributed by atoms with E-state index >= 15 is 0 Å². The summed E-state index contributed by atoms with van der Waals surface area (Å²) in [5.41, 5.74) is 11.3. The van der Waals surface area contributed by atoms with Crippen LogP contribution >= 0.6 is 0 Å². The number of allylic oxidation sites excluding steroid dienone is 1. The van der Waals surface area contributed by atoms with Crippen molar-refractivity contribution in [2.24, 2.45) is 0 Å². The fraction of sp³-hybridized carbons (Fsp3) is 0.133. The predicted octanol–water partition coefficient (Wildman–Crippen LogP) is 7.20. The molecule has 0 N–H and O–H groups in total. The molecule has 0 radical (unpaired) electrons. The third kappa shape index (κ3) is 2.47. The van der Waals surface area contributed by atoms with Crippen molar-refractivity contribution in [2.75, 3.05) is 0 Å². The number of hydrogen-bond acceptors (Lipinski definition) is 0. The third-order valence-electron chi connectivity index (χ3n) is 7.01. The summed E-state index contributed by atoms with van der Waals surface area (Å²) in [6.07, 6.45) is 8.00. The summed E-state index contributed by atoms with van der Waals surface area (Å²) in [6.45, 7) is 0. The number of aryl methyl sites for hydroxylation is 1. The van der Waals surface area contributed by atoms with Crippen molar-refractivity contribution in [1.82, 2.24) is 0 Å². The van der Waals surface area contributed by atoms with Gasteiger partial charge in [0, 0.05) is 5.41 Å². The van der Waals surface area contributed by atoms with Gasteiger partial charge < -0.3 is 0 Å². The van der Waals surface area contributed by atoms with Crippen LogP contribution in [-0.2, 0) is 18.3 Å². The van der Waals surface area contributed by atoms with E-state index < -0.39 is 0 Å². The van der Waals surface area contributed by atoms with Crippen LogP contribution in [0.25, 0.3) is 17.2 Å². The molecular weight excluding hydrogens is 360 g/mol. The molecule has 0 aliphatic heterocycles. The molecule has 4 aromatic carbocycles. The van der Waals surface area contributed by atoms with E-state index in [1.807, 2.05) is 0 Å². The summed E-state index contributed by atoms with van der Waals surface area (Å²) in [5, 5.41) is 0. The smallest absolute Gasteiger partial charge is 0.0491 e. The Labute approximate surface area is 178 Å². The molecule has 0 fully saturated rings. The molecule has 0 amide bonds. The maximum absolute atomic E-state index is 2.40. The first-order valence-corrected chi connectivity index (χ1v) is 10.9. The summed E-state index contributed by atoms with van der Waals surface area (Å²) in [4.78, 5) is 0. The zero-order valence-corrected chi connectivity index (χ0v) is 17.0. The zero-order chi connectivity index (χ0) is 20.0. The van der Waals surface area contributed by atoms with E-state index in [1.54, 1.807) is 0 Å². The lowest BCUT2D eigenvalue weighted by atomic mass is 9.63. The van der Waals surface area contributed by atoms with Crippen LogP contribution in [-0.4, -0.2) is 0 Å². The minimum absolute atomic E-state index is 0.140. The average Bonchev–Trinajstić information content (AvgIpc) is 2.84. The van der Waals surface area contributed by atoms with Gasteiger partial charge in [-0.05, 0) is 63.8 Å². The van der Waals surface area contributed by atoms with E-state index in [4.69, 9.17) is 0 Å². The minimum atomic E-state index is -0.140. The second-order valence-electron chi connectivity index (χ2n) is 8.45. The van der Waals surface area contributed by atoms with Crippen LogP contribution < -0.4 is 0 Å². The second kappa shape index (κ2) is 6.85. The zero-order valence-electron chi connectivity index (χ0n) is 17.0. The highest BCUT2D eigenvalue weighted by atomic mass is 14.4. The molecule has 0 heteroatoms. The summed E-state index contributed by atoms with van der Waals surface area (Å²) in [6, 6.07) is 35.8. The highest BCUT2D eigenvalue weighted by Crippen LogP contribution is 2.49. The van der Waals surface area contributed by atoms with Crippen molar-refractivity contribution in [3.05, 3.63) is 137 Å². The number of fused-ring (bicyclic) bond motifs is 5. The van der Waals surface area contributed by atoms with Gasteiger partial charge in [-0.15, -0.1) is 0 Å². The van der Waals surface area contributed by atoms with E-state index in [9.17, 15) is 0 Å². The first kappa shape index (κ1) is 17.5. The van der Waals surface area contributed by atoms with Gasteiger partial charge in [0.2, 0.25) is 0 Å². The van der Waals surface area contributed by atoms with Crippen LogP contribution in [0.1, 0.15) is 39.8 Å². The second-order valence-corrected chi connectivity index (χ2v) is 8.45. The van der Waals surface area contributed by atoms with Gasteiger partial charge in [0.15, 0.2) is 0 Å². The topological polar surface area (TPSA) is 0 Å². The van der Waals surface area contributed by atoms with Gasteiger partial charge in [0.25, 0.3) is 0 Å². The molecule has 4 aromatic rings. The molecule has 0 nitrogen and oxygen atoms in total. The van der Waals surface area contributed by atoms with Gasteiger partial charge in [0.05, 0.1) is 0 Å². The van der Waals surface area contributed by atoms with Crippen molar-refractivity contribution in [3.63, 3.8) is 0 Å². The fourth-order valence-electron chi connectivity index (χ4n) is 5.63. The molecule has 30 heavy (non-hydrogen) atoms. The first-order valence-electron chi connectivity index (χ1n) is 10.9. The van der Waals surface area contributed by atoms with Crippen molar-refractivity contribution >= 4 is 6.08 Å². The first-order chi connectivity index (χ1) is 14.9. The molecule has 0 bridgehead atoms. The maximum Gasteiger partial charge on any atom is 0.0491 e. The monoisotopic (exact) mass is 384 g/mol. The standard InChI is InChI=1S/C30H24/c1-3-11-23(12-4-1)30(24-13-5-2-6-14-24)21-9-16-28-27-18-17-22-10-7-8-15-25(22)26(27)19-20-29(28)30/h1-16,19-20H,17-18,21H2. The molecule has 0 atom stereocenters. The normalized spacial score (nSPS) is 15.7. The van der Waals surface area contributed by atoms with Crippen molar-refractivity contribution < 1.29 is 0 Å². The fourth-order valence-corrected chi connectivity index (χ4v) is 5.63. The van der Waals surface area contributed by atoms with E-state index in [1.165, 1.54) is 44.5 Å². The Kier molecular flexibility index (Phi) is 3.99. The average molecular weight is 385 g/mol. The van der Waals surface area contributed by atoms with Crippen LogP contribution in [0.5, 0.6) is 0 Å².